The maximum absolute atomic E-state index is 11.6. The number of rotatable bonds is 2. The summed E-state index contributed by atoms with van der Waals surface area (Å²) < 4.78 is 10.8. The van der Waals surface area contributed by atoms with Crippen LogP contribution in [0.1, 0.15) is 23.7 Å². The van der Waals surface area contributed by atoms with Gasteiger partial charge in [0.05, 0.1) is 12.4 Å². The van der Waals surface area contributed by atoms with Crippen LogP contribution >= 0.6 is 11.8 Å². The Labute approximate surface area is 109 Å². The topological polar surface area (TPSA) is 68.5 Å². The Balaban J connectivity index is 1.74. The van der Waals surface area contributed by atoms with Crippen LogP contribution in [0, 0.1) is 0 Å². The Morgan fingerprint density at radius 2 is 2.39 bits per heavy atom. The molecule has 2 saturated heterocycles. The van der Waals surface area contributed by atoms with E-state index in [0.29, 0.717) is 24.1 Å². The molecular weight excluding hydrogens is 254 g/mol. The van der Waals surface area contributed by atoms with Gasteiger partial charge in [-0.2, -0.15) is 16.7 Å². The van der Waals surface area contributed by atoms with Crippen LogP contribution in [0.2, 0.25) is 0 Å². The van der Waals surface area contributed by atoms with Crippen LogP contribution in [-0.4, -0.2) is 59.1 Å². The summed E-state index contributed by atoms with van der Waals surface area (Å²) in [4.78, 5) is 18.1. The molecule has 2 fully saturated rings. The summed E-state index contributed by atoms with van der Waals surface area (Å²) >= 11 is 1.61. The monoisotopic (exact) mass is 269 g/mol. The van der Waals surface area contributed by atoms with Gasteiger partial charge in [-0.1, -0.05) is 5.16 Å². The van der Waals surface area contributed by atoms with Crippen LogP contribution in [-0.2, 0) is 9.53 Å². The summed E-state index contributed by atoms with van der Waals surface area (Å²) in [6.45, 7) is 2.34. The van der Waals surface area contributed by atoms with Crippen molar-refractivity contribution in [3.8, 4) is 0 Å². The van der Waals surface area contributed by atoms with E-state index in [1.165, 1.54) is 0 Å². The van der Waals surface area contributed by atoms with Gasteiger partial charge in [-0.15, -0.1) is 0 Å². The molecule has 3 rings (SSSR count). The molecule has 0 bridgehead atoms. The summed E-state index contributed by atoms with van der Waals surface area (Å²) in [5, 5.41) is 3.95. The molecule has 0 radical (unpaired) electrons. The van der Waals surface area contributed by atoms with E-state index in [0.717, 1.165) is 18.8 Å². The zero-order chi connectivity index (χ0) is 12.5. The predicted octanol–water partition coefficient (Wildman–Crippen LogP) is 0.472. The molecule has 98 valence electrons. The fraction of sp³-hybridized carbons (Fsp3) is 0.727. The van der Waals surface area contributed by atoms with Gasteiger partial charge in [0.2, 0.25) is 11.7 Å². The highest BCUT2D eigenvalue weighted by Crippen LogP contribution is 2.29. The zero-order valence-corrected chi connectivity index (χ0v) is 11.0. The second-order valence-corrected chi connectivity index (χ2v) is 5.68. The van der Waals surface area contributed by atoms with E-state index >= 15 is 0 Å². The van der Waals surface area contributed by atoms with E-state index in [1.54, 1.807) is 11.8 Å². The lowest BCUT2D eigenvalue weighted by molar-refractivity contribution is -0.117. The van der Waals surface area contributed by atoms with Crippen molar-refractivity contribution in [2.45, 2.75) is 12.0 Å². The standard InChI is InChI=1S/C11H15N3O3S/c1-14-2-3-16-9(4-14)10-12-11(17-13-10)7-5-18-6-8(7)15/h7,9H,2-6H2,1H3. The first kappa shape index (κ1) is 12.1. The zero-order valence-electron chi connectivity index (χ0n) is 10.2. The first-order chi connectivity index (χ1) is 8.74. The molecule has 7 heteroatoms. The molecule has 1 aromatic rings. The molecule has 18 heavy (non-hydrogen) atoms. The van der Waals surface area contributed by atoms with E-state index in [-0.39, 0.29) is 17.8 Å². The van der Waals surface area contributed by atoms with Gasteiger partial charge in [-0.3, -0.25) is 4.79 Å². The Morgan fingerprint density at radius 3 is 3.11 bits per heavy atom. The van der Waals surface area contributed by atoms with Crippen molar-refractivity contribution < 1.29 is 14.1 Å². The minimum Gasteiger partial charge on any atom is -0.367 e. The Kier molecular flexibility index (Phi) is 3.36. The highest BCUT2D eigenvalue weighted by atomic mass is 32.2. The van der Waals surface area contributed by atoms with Crippen molar-refractivity contribution in [2.75, 3.05) is 38.2 Å². The second-order valence-electron chi connectivity index (χ2n) is 4.65. The molecular formula is C11H15N3O3S. The first-order valence-electron chi connectivity index (χ1n) is 5.98. The number of likely N-dealkylation sites (N-methyl/N-ethyl adjacent to an activating group) is 1. The molecule has 0 saturated carbocycles. The number of carbonyl (C=O) groups is 1. The third-order valence-electron chi connectivity index (χ3n) is 3.23. The number of carbonyl (C=O) groups excluding carboxylic acids is 1. The molecule has 0 aliphatic carbocycles. The molecule has 6 nitrogen and oxygen atoms in total. The number of thioether (sulfide) groups is 1. The molecule has 2 aliphatic rings. The second kappa shape index (κ2) is 4.99. The summed E-state index contributed by atoms with van der Waals surface area (Å²) in [6.07, 6.45) is -0.148. The number of ether oxygens (including phenoxy) is 1. The minimum absolute atomic E-state index is 0.148. The highest BCUT2D eigenvalue weighted by Gasteiger charge is 2.33. The Morgan fingerprint density at radius 1 is 1.50 bits per heavy atom. The van der Waals surface area contributed by atoms with Crippen molar-refractivity contribution in [2.24, 2.45) is 0 Å². The molecule has 3 heterocycles. The van der Waals surface area contributed by atoms with Gasteiger partial charge in [0.15, 0.2) is 5.78 Å². The average molecular weight is 269 g/mol. The molecule has 2 aliphatic heterocycles. The van der Waals surface area contributed by atoms with E-state index < -0.39 is 0 Å². The van der Waals surface area contributed by atoms with Crippen LogP contribution in [0.3, 0.4) is 0 Å². The lowest BCUT2D eigenvalue weighted by Crippen LogP contribution is -2.35. The fourth-order valence-electron chi connectivity index (χ4n) is 2.13. The summed E-state index contributed by atoms with van der Waals surface area (Å²) in [7, 11) is 2.04. The summed E-state index contributed by atoms with van der Waals surface area (Å²) in [5.41, 5.74) is 0. The number of ketones is 1. The van der Waals surface area contributed by atoms with Gasteiger partial charge in [0, 0.05) is 18.8 Å². The number of hydrogen-bond donors (Lipinski definition) is 0. The third kappa shape index (κ3) is 2.30. The van der Waals surface area contributed by atoms with Crippen LogP contribution in [0.5, 0.6) is 0 Å². The maximum Gasteiger partial charge on any atom is 0.238 e. The average Bonchev–Trinajstić information content (AvgIpc) is 2.97. The van der Waals surface area contributed by atoms with E-state index in [4.69, 9.17) is 9.26 Å². The summed E-state index contributed by atoms with van der Waals surface area (Å²) in [6, 6.07) is 0. The normalized spacial score (nSPS) is 29.9. The number of morpholine rings is 1. The van der Waals surface area contributed by atoms with Gasteiger partial charge in [0.25, 0.3) is 0 Å². The predicted molar refractivity (Wildman–Crippen MR) is 65.6 cm³/mol. The van der Waals surface area contributed by atoms with E-state index in [2.05, 4.69) is 15.0 Å². The lowest BCUT2D eigenvalue weighted by Gasteiger charge is -2.27. The molecule has 2 atom stereocenters. The van der Waals surface area contributed by atoms with Gasteiger partial charge < -0.3 is 14.2 Å². The largest absolute Gasteiger partial charge is 0.367 e. The molecule has 0 aromatic carbocycles. The summed E-state index contributed by atoms with van der Waals surface area (Å²) in [5.74, 6) is 2.24. The highest BCUT2D eigenvalue weighted by molar-refractivity contribution is 8.00. The Bertz CT molecular complexity index is 450. The maximum atomic E-state index is 11.6. The van der Waals surface area contributed by atoms with E-state index in [1.807, 2.05) is 7.05 Å². The van der Waals surface area contributed by atoms with Crippen molar-refractivity contribution in [1.82, 2.24) is 15.0 Å². The molecule has 0 N–H and O–H groups in total. The molecule has 2 unspecified atom stereocenters. The SMILES string of the molecule is CN1CCOC(c2noc(C3CSCC3=O)n2)C1. The quantitative estimate of drug-likeness (QED) is 0.773. The smallest absolute Gasteiger partial charge is 0.238 e. The number of aromatic nitrogens is 2. The van der Waals surface area contributed by atoms with Crippen LogP contribution < -0.4 is 0 Å². The van der Waals surface area contributed by atoms with Crippen molar-refractivity contribution >= 4 is 17.5 Å². The molecule has 0 amide bonds. The lowest BCUT2D eigenvalue weighted by atomic mass is 10.1. The number of hydrogen-bond acceptors (Lipinski definition) is 7. The molecule has 0 spiro atoms. The van der Waals surface area contributed by atoms with Gasteiger partial charge in [0.1, 0.15) is 12.0 Å². The fourth-order valence-corrected chi connectivity index (χ4v) is 3.22. The van der Waals surface area contributed by atoms with Crippen LogP contribution in [0.25, 0.3) is 0 Å². The van der Waals surface area contributed by atoms with Gasteiger partial charge >= 0.3 is 0 Å². The Hall–Kier alpha value is -0.920. The van der Waals surface area contributed by atoms with Gasteiger partial charge in [-0.25, -0.2) is 0 Å². The van der Waals surface area contributed by atoms with Crippen LogP contribution in [0.15, 0.2) is 4.52 Å². The minimum atomic E-state index is -0.224. The van der Waals surface area contributed by atoms with E-state index in [9.17, 15) is 4.79 Å². The van der Waals surface area contributed by atoms with Crippen molar-refractivity contribution in [3.05, 3.63) is 11.7 Å². The molecule has 1 aromatic heterocycles. The first-order valence-corrected chi connectivity index (χ1v) is 7.13. The third-order valence-corrected chi connectivity index (χ3v) is 4.29. The van der Waals surface area contributed by atoms with Crippen molar-refractivity contribution in [3.63, 3.8) is 0 Å². The van der Waals surface area contributed by atoms with Crippen LogP contribution in [0.4, 0.5) is 0 Å². The number of nitrogens with zero attached hydrogens (tertiary/aromatic N) is 3. The number of Topliss-reactive ketones (excluding diaryl/α,β-unsaturated/α-hetero) is 1. The van der Waals surface area contributed by atoms with Gasteiger partial charge in [-0.05, 0) is 7.05 Å². The van der Waals surface area contributed by atoms with Crippen molar-refractivity contribution in [1.29, 1.82) is 0 Å².